The summed E-state index contributed by atoms with van der Waals surface area (Å²) in [5, 5.41) is 9.91. The van der Waals surface area contributed by atoms with Crippen LogP contribution in [-0.2, 0) is 0 Å². The average molecular weight is 150 g/mol. The van der Waals surface area contributed by atoms with Gasteiger partial charge >= 0.3 is 0 Å². The molecule has 4 aliphatic rings. The second kappa shape index (κ2) is 1.39. The molecule has 0 aromatic rings. The van der Waals surface area contributed by atoms with E-state index in [1.54, 1.807) is 0 Å². The van der Waals surface area contributed by atoms with Gasteiger partial charge in [-0.3, -0.25) is 0 Å². The summed E-state index contributed by atoms with van der Waals surface area (Å²) in [7, 11) is 0. The van der Waals surface area contributed by atoms with Crippen LogP contribution in [0.2, 0.25) is 0 Å². The van der Waals surface area contributed by atoms with Crippen LogP contribution < -0.4 is 0 Å². The van der Waals surface area contributed by atoms with Crippen molar-refractivity contribution in [2.75, 3.05) is 0 Å². The minimum atomic E-state index is 0.127. The van der Waals surface area contributed by atoms with Crippen molar-refractivity contribution in [1.82, 2.24) is 0 Å². The van der Waals surface area contributed by atoms with E-state index in [1.165, 1.54) is 19.3 Å². The van der Waals surface area contributed by atoms with Crippen LogP contribution in [0, 0.1) is 35.5 Å². The zero-order valence-electron chi connectivity index (χ0n) is 6.61. The molecular weight excluding hydrogens is 136 g/mol. The van der Waals surface area contributed by atoms with Gasteiger partial charge in [-0.2, -0.15) is 0 Å². The van der Waals surface area contributed by atoms with Gasteiger partial charge in [0.05, 0.1) is 6.10 Å². The van der Waals surface area contributed by atoms with E-state index in [-0.39, 0.29) is 6.10 Å². The first kappa shape index (κ1) is 5.58. The number of rotatable bonds is 0. The summed E-state index contributed by atoms with van der Waals surface area (Å²) >= 11 is 0. The molecule has 0 unspecified atom stereocenters. The van der Waals surface area contributed by atoms with Crippen molar-refractivity contribution in [2.45, 2.75) is 25.4 Å². The number of aliphatic hydroxyl groups is 1. The number of hydrogen-bond donors (Lipinski definition) is 1. The lowest BCUT2D eigenvalue weighted by Gasteiger charge is -2.38. The Morgan fingerprint density at radius 1 is 0.818 bits per heavy atom. The first-order chi connectivity index (χ1) is 5.36. The summed E-state index contributed by atoms with van der Waals surface area (Å²) in [6.07, 6.45) is 4.47. The molecule has 11 heavy (non-hydrogen) atoms. The molecule has 1 nitrogen and oxygen atoms in total. The second-order valence-corrected chi connectivity index (χ2v) is 5.19. The molecule has 0 radical (unpaired) electrons. The third-order valence-corrected chi connectivity index (χ3v) is 5.22. The van der Waals surface area contributed by atoms with Crippen LogP contribution in [0.25, 0.3) is 0 Å². The monoisotopic (exact) mass is 150 g/mol. The first-order valence-electron chi connectivity index (χ1n) is 5.04. The lowest BCUT2D eigenvalue weighted by Crippen LogP contribution is -2.39. The summed E-state index contributed by atoms with van der Waals surface area (Å²) in [6.45, 7) is 0. The molecule has 1 N–H and O–H groups in total. The van der Waals surface area contributed by atoms with E-state index in [0.717, 1.165) is 35.5 Å². The van der Waals surface area contributed by atoms with Crippen molar-refractivity contribution in [3.63, 3.8) is 0 Å². The van der Waals surface area contributed by atoms with Crippen LogP contribution in [0.3, 0.4) is 0 Å². The molecule has 4 aliphatic carbocycles. The van der Waals surface area contributed by atoms with E-state index in [1.807, 2.05) is 0 Å². The van der Waals surface area contributed by atoms with Gasteiger partial charge in [-0.25, -0.2) is 0 Å². The number of hydrogen-bond acceptors (Lipinski definition) is 1. The normalized spacial score (nSPS) is 75.5. The topological polar surface area (TPSA) is 20.2 Å². The van der Waals surface area contributed by atoms with Crippen LogP contribution >= 0.6 is 0 Å². The van der Waals surface area contributed by atoms with Gasteiger partial charge in [-0.05, 0) is 54.8 Å². The average Bonchev–Trinajstić information content (AvgIpc) is 2.53. The maximum atomic E-state index is 9.91. The molecule has 4 saturated carbocycles. The third-order valence-electron chi connectivity index (χ3n) is 5.22. The van der Waals surface area contributed by atoms with Gasteiger partial charge in [0.2, 0.25) is 0 Å². The van der Waals surface area contributed by atoms with E-state index in [2.05, 4.69) is 0 Å². The first-order valence-corrected chi connectivity index (χ1v) is 5.04. The molecule has 0 saturated heterocycles. The Morgan fingerprint density at radius 3 is 2.18 bits per heavy atom. The third kappa shape index (κ3) is 0.395. The van der Waals surface area contributed by atoms with Crippen LogP contribution in [0.15, 0.2) is 0 Å². The Kier molecular flexibility index (Phi) is 0.706. The molecule has 1 heteroatoms. The highest BCUT2D eigenvalue weighted by atomic mass is 16.3. The van der Waals surface area contributed by atoms with Crippen molar-refractivity contribution < 1.29 is 5.11 Å². The molecule has 0 aliphatic heterocycles. The predicted molar refractivity (Wildman–Crippen MR) is 40.8 cm³/mol. The zero-order valence-corrected chi connectivity index (χ0v) is 6.61. The maximum Gasteiger partial charge on any atom is 0.0604 e. The Labute approximate surface area is 66.8 Å². The largest absolute Gasteiger partial charge is 0.393 e. The molecule has 0 aromatic heterocycles. The number of fused-ring (bicyclic) bond motifs is 4. The van der Waals surface area contributed by atoms with Gasteiger partial charge < -0.3 is 5.11 Å². The van der Waals surface area contributed by atoms with Crippen molar-refractivity contribution in [2.24, 2.45) is 35.5 Å². The van der Waals surface area contributed by atoms with E-state index in [4.69, 9.17) is 0 Å². The second-order valence-electron chi connectivity index (χ2n) is 5.19. The Bertz CT molecular complexity index is 219. The Hall–Kier alpha value is -0.0400. The van der Waals surface area contributed by atoms with Gasteiger partial charge in [0.15, 0.2) is 0 Å². The SMILES string of the molecule is O[C@@H]1[C@@H]2C[C@H]3[C@@H]4C[C@@H](C[C@@H]42)[C@@H]13. The van der Waals surface area contributed by atoms with E-state index < -0.39 is 0 Å². The standard InChI is InChI=1S/C10H14O/c11-10-8-3-7-5-1-4(9(7)10)2-6(5)8/h4-11H,1-3H2/t4-,5+,6-,7-,8+,9+,10+/m0/s1. The van der Waals surface area contributed by atoms with E-state index in [9.17, 15) is 5.11 Å². The van der Waals surface area contributed by atoms with E-state index in [0.29, 0.717) is 0 Å². The summed E-state index contributed by atoms with van der Waals surface area (Å²) in [4.78, 5) is 0. The smallest absolute Gasteiger partial charge is 0.0604 e. The highest BCUT2D eigenvalue weighted by Gasteiger charge is 2.68. The molecule has 0 spiro atoms. The van der Waals surface area contributed by atoms with Crippen LogP contribution in [-0.4, -0.2) is 11.2 Å². The molecule has 0 amide bonds. The summed E-state index contributed by atoms with van der Waals surface area (Å²) < 4.78 is 0. The lowest BCUT2D eigenvalue weighted by atomic mass is 9.69. The molecule has 0 aromatic carbocycles. The molecule has 4 rings (SSSR count). The maximum absolute atomic E-state index is 9.91. The van der Waals surface area contributed by atoms with Crippen molar-refractivity contribution in [3.8, 4) is 0 Å². The highest BCUT2D eigenvalue weighted by molar-refractivity contribution is 5.17. The molecule has 4 fully saturated rings. The van der Waals surface area contributed by atoms with Gasteiger partial charge in [0.1, 0.15) is 0 Å². The van der Waals surface area contributed by atoms with Crippen LogP contribution in [0.5, 0.6) is 0 Å². The summed E-state index contributed by atoms with van der Waals surface area (Å²) in [5.41, 5.74) is 0. The molecule has 0 heterocycles. The van der Waals surface area contributed by atoms with Crippen molar-refractivity contribution in [1.29, 1.82) is 0 Å². The van der Waals surface area contributed by atoms with Crippen molar-refractivity contribution >= 4 is 0 Å². The van der Waals surface area contributed by atoms with Gasteiger partial charge in [0.25, 0.3) is 0 Å². The molecule has 7 atom stereocenters. The fourth-order valence-electron chi connectivity index (χ4n) is 5.11. The summed E-state index contributed by atoms with van der Waals surface area (Å²) in [6, 6.07) is 0. The minimum Gasteiger partial charge on any atom is -0.393 e. The van der Waals surface area contributed by atoms with Crippen LogP contribution in [0.1, 0.15) is 19.3 Å². The van der Waals surface area contributed by atoms with Gasteiger partial charge in [0, 0.05) is 0 Å². The van der Waals surface area contributed by atoms with Gasteiger partial charge in [-0.1, -0.05) is 0 Å². The molecular formula is C10H14O. The van der Waals surface area contributed by atoms with E-state index >= 15 is 0 Å². The molecule has 60 valence electrons. The van der Waals surface area contributed by atoms with Crippen LogP contribution in [0.4, 0.5) is 0 Å². The van der Waals surface area contributed by atoms with Crippen molar-refractivity contribution in [3.05, 3.63) is 0 Å². The predicted octanol–water partition coefficient (Wildman–Crippen LogP) is 1.27. The molecule has 4 bridgehead atoms. The Morgan fingerprint density at radius 2 is 1.55 bits per heavy atom. The number of aliphatic hydroxyl groups excluding tert-OH is 1. The fraction of sp³-hybridized carbons (Fsp3) is 1.00. The highest BCUT2D eigenvalue weighted by Crippen LogP contribution is 2.72. The van der Waals surface area contributed by atoms with Gasteiger partial charge in [-0.15, -0.1) is 0 Å². The minimum absolute atomic E-state index is 0.127. The zero-order chi connectivity index (χ0) is 7.16. The quantitative estimate of drug-likeness (QED) is 0.551. The fourth-order valence-corrected chi connectivity index (χ4v) is 5.11. The summed E-state index contributed by atoms with van der Waals surface area (Å²) in [5.74, 6) is 5.45. The Balaban J connectivity index is 1.94. The lowest BCUT2D eigenvalue weighted by molar-refractivity contribution is -0.0176.